The number of hydrogen-bond donors (Lipinski definition) is 7. The summed E-state index contributed by atoms with van der Waals surface area (Å²) in [5, 5.41) is 79.1. The van der Waals surface area contributed by atoms with Crippen molar-refractivity contribution in [2.45, 2.75) is 67.5 Å². The molecule has 7 N–H and O–H groups in total. The van der Waals surface area contributed by atoms with E-state index < -0.39 is 80.7 Å². The van der Waals surface area contributed by atoms with Gasteiger partial charge in [-0.05, 0) is 5.56 Å². The number of aliphatic hydroxyl groups is 7. The van der Waals surface area contributed by atoms with Crippen LogP contribution in [-0.4, -0.2) is 110 Å². The van der Waals surface area contributed by atoms with Crippen molar-refractivity contribution < 1.29 is 54.7 Å². The van der Waals surface area contributed by atoms with E-state index in [0.29, 0.717) is 5.56 Å². The number of benzene rings is 1. The molecule has 2 saturated heterocycles. The van der Waals surface area contributed by atoms with Gasteiger partial charge in [0.2, 0.25) is 0 Å². The largest absolute Gasteiger partial charge is 0.394 e. The van der Waals surface area contributed by atoms with Crippen molar-refractivity contribution in [1.82, 2.24) is 0 Å². The molecular weight excluding hydrogens is 430 g/mol. The Morgan fingerprint density at radius 2 is 1.38 bits per heavy atom. The van der Waals surface area contributed by atoms with E-state index in [1.807, 2.05) is 6.07 Å². The molecule has 2 aliphatic heterocycles. The molecule has 0 aromatic heterocycles. The summed E-state index contributed by atoms with van der Waals surface area (Å²) >= 11 is 0. The third-order valence-corrected chi connectivity index (χ3v) is 5.43. The zero-order valence-electron chi connectivity index (χ0n) is 16.9. The van der Waals surface area contributed by atoms with Gasteiger partial charge in [0.05, 0.1) is 19.3 Å². The van der Waals surface area contributed by atoms with Crippen molar-refractivity contribution >= 4 is 0 Å². The van der Waals surface area contributed by atoms with E-state index in [1.165, 1.54) is 0 Å². The van der Waals surface area contributed by atoms with E-state index in [1.54, 1.807) is 30.3 Å². The Kier molecular flexibility index (Phi) is 8.50. The van der Waals surface area contributed by atoms with Crippen molar-refractivity contribution in [1.29, 1.82) is 5.26 Å². The summed E-state index contributed by atoms with van der Waals surface area (Å²) in [5.41, 5.74) is 0.487. The maximum absolute atomic E-state index is 10.3. The van der Waals surface area contributed by atoms with E-state index in [0.717, 1.165) is 0 Å². The van der Waals surface area contributed by atoms with E-state index >= 15 is 0 Å². The van der Waals surface area contributed by atoms with Crippen LogP contribution in [0.2, 0.25) is 0 Å². The number of aliphatic hydroxyl groups excluding tert-OH is 7. The van der Waals surface area contributed by atoms with Crippen LogP contribution in [0.4, 0.5) is 0 Å². The normalized spacial score (nSPS) is 41.1. The molecule has 2 fully saturated rings. The van der Waals surface area contributed by atoms with Gasteiger partial charge in [0, 0.05) is 0 Å². The highest BCUT2D eigenvalue weighted by Gasteiger charge is 2.48. The second-order valence-electron chi connectivity index (χ2n) is 7.60. The zero-order valence-corrected chi connectivity index (χ0v) is 16.9. The molecule has 2 heterocycles. The standard InChI is InChI=1S/C20H27NO11/c21-6-10(9-4-2-1-3-5-9)30-20-18(28)16(26)14(24)12(32-20)8-29-19-17(27)15(25)13(23)11(7-22)31-19/h1-5,10-20,22-28H,7-8H2/t10-,11-,12-,13-,14+,15+,16-,17-,18+,19-,20+/m1/s1. The molecule has 0 radical (unpaired) electrons. The molecule has 1 aromatic carbocycles. The van der Waals surface area contributed by atoms with Crippen LogP contribution in [0, 0.1) is 11.3 Å². The van der Waals surface area contributed by atoms with Crippen LogP contribution in [0.3, 0.4) is 0 Å². The van der Waals surface area contributed by atoms with Crippen LogP contribution in [-0.2, 0) is 18.9 Å². The number of ether oxygens (including phenoxy) is 4. The average Bonchev–Trinajstić information content (AvgIpc) is 2.81. The number of nitriles is 1. The van der Waals surface area contributed by atoms with Gasteiger partial charge in [0.15, 0.2) is 18.7 Å². The molecule has 0 amide bonds. The van der Waals surface area contributed by atoms with Gasteiger partial charge in [0.1, 0.15) is 48.8 Å². The minimum atomic E-state index is -1.70. The molecule has 0 saturated carbocycles. The molecule has 0 unspecified atom stereocenters. The molecule has 0 spiro atoms. The van der Waals surface area contributed by atoms with Gasteiger partial charge in [-0.1, -0.05) is 30.3 Å². The second-order valence-corrected chi connectivity index (χ2v) is 7.60. The Hall–Kier alpha value is -1.73. The van der Waals surface area contributed by atoms with Crippen molar-refractivity contribution in [3.63, 3.8) is 0 Å². The fourth-order valence-corrected chi connectivity index (χ4v) is 3.51. The van der Waals surface area contributed by atoms with Crippen LogP contribution in [0.15, 0.2) is 30.3 Å². The lowest BCUT2D eigenvalue weighted by Crippen LogP contribution is -2.61. The van der Waals surface area contributed by atoms with Gasteiger partial charge >= 0.3 is 0 Å². The summed E-state index contributed by atoms with van der Waals surface area (Å²) in [6.45, 7) is -1.14. The van der Waals surface area contributed by atoms with Crippen LogP contribution in [0.5, 0.6) is 0 Å². The Morgan fingerprint density at radius 3 is 1.97 bits per heavy atom. The average molecular weight is 457 g/mol. The first-order valence-electron chi connectivity index (χ1n) is 10.00. The Bertz CT molecular complexity index is 760. The van der Waals surface area contributed by atoms with Gasteiger partial charge < -0.3 is 54.7 Å². The van der Waals surface area contributed by atoms with Gasteiger partial charge in [-0.2, -0.15) is 5.26 Å². The lowest BCUT2D eigenvalue weighted by molar-refractivity contribution is -0.334. The van der Waals surface area contributed by atoms with Crippen LogP contribution in [0.1, 0.15) is 11.7 Å². The molecule has 2 aliphatic rings. The molecular formula is C20H27NO11. The predicted molar refractivity (Wildman–Crippen MR) is 102 cm³/mol. The zero-order chi connectivity index (χ0) is 23.4. The van der Waals surface area contributed by atoms with E-state index in [9.17, 15) is 41.0 Å². The smallest absolute Gasteiger partial charge is 0.188 e. The monoisotopic (exact) mass is 457 g/mol. The van der Waals surface area contributed by atoms with Crippen molar-refractivity contribution in [3.05, 3.63) is 35.9 Å². The first kappa shape index (κ1) is 24.9. The van der Waals surface area contributed by atoms with Crippen molar-refractivity contribution in [2.75, 3.05) is 13.2 Å². The Morgan fingerprint density at radius 1 is 0.812 bits per heavy atom. The first-order chi connectivity index (χ1) is 15.3. The first-order valence-corrected chi connectivity index (χ1v) is 10.00. The highest BCUT2D eigenvalue weighted by atomic mass is 16.7. The molecule has 1 aromatic rings. The lowest BCUT2D eigenvalue weighted by Gasteiger charge is -2.43. The maximum atomic E-state index is 10.3. The molecule has 12 heteroatoms. The van der Waals surface area contributed by atoms with Crippen molar-refractivity contribution in [2.24, 2.45) is 0 Å². The molecule has 3 rings (SSSR count). The summed E-state index contributed by atoms with van der Waals surface area (Å²) < 4.78 is 21.6. The third-order valence-electron chi connectivity index (χ3n) is 5.43. The lowest BCUT2D eigenvalue weighted by atomic mass is 9.98. The summed E-state index contributed by atoms with van der Waals surface area (Å²) in [6, 6.07) is 10.3. The number of nitrogens with zero attached hydrogens (tertiary/aromatic N) is 1. The number of rotatable bonds is 7. The van der Waals surface area contributed by atoms with E-state index in [4.69, 9.17) is 18.9 Å². The van der Waals surface area contributed by atoms with Crippen LogP contribution >= 0.6 is 0 Å². The minimum absolute atomic E-state index is 0.487. The fourth-order valence-electron chi connectivity index (χ4n) is 3.51. The molecule has 32 heavy (non-hydrogen) atoms. The number of hydrogen-bond acceptors (Lipinski definition) is 12. The molecule has 11 atom stereocenters. The summed E-state index contributed by atoms with van der Waals surface area (Å²) in [4.78, 5) is 0. The molecule has 0 bridgehead atoms. The van der Waals surface area contributed by atoms with Gasteiger partial charge in [0.25, 0.3) is 0 Å². The third kappa shape index (κ3) is 5.25. The summed E-state index contributed by atoms with van der Waals surface area (Å²) in [7, 11) is 0. The highest BCUT2D eigenvalue weighted by Crippen LogP contribution is 2.28. The Labute approximate surface area is 183 Å². The highest BCUT2D eigenvalue weighted by molar-refractivity contribution is 5.22. The topological polar surface area (TPSA) is 202 Å². The van der Waals surface area contributed by atoms with Crippen LogP contribution in [0.25, 0.3) is 0 Å². The SMILES string of the molecule is N#C[C@@H](O[C@H]1O[C@H](CO[C@@H]2O[C@H](CO)[C@@H](O)[C@H](O)[C@H]2O)[C@H](O)[C@@H](O)[C@@H]1O)c1ccccc1. The summed E-state index contributed by atoms with van der Waals surface area (Å²) in [6.07, 6.45) is -16.5. The van der Waals surface area contributed by atoms with E-state index in [2.05, 4.69) is 0 Å². The Balaban J connectivity index is 1.65. The van der Waals surface area contributed by atoms with Crippen LogP contribution < -0.4 is 0 Å². The summed E-state index contributed by atoms with van der Waals surface area (Å²) in [5.74, 6) is 0. The predicted octanol–water partition coefficient (Wildman–Crippen LogP) is -3.11. The van der Waals surface area contributed by atoms with E-state index in [-0.39, 0.29) is 0 Å². The van der Waals surface area contributed by atoms with Gasteiger partial charge in [-0.15, -0.1) is 0 Å². The quantitative estimate of drug-likeness (QED) is 0.218. The second kappa shape index (κ2) is 10.9. The molecule has 178 valence electrons. The van der Waals surface area contributed by atoms with Gasteiger partial charge in [-0.25, -0.2) is 0 Å². The molecule has 0 aliphatic carbocycles. The van der Waals surface area contributed by atoms with Crippen molar-refractivity contribution in [3.8, 4) is 6.07 Å². The minimum Gasteiger partial charge on any atom is -0.394 e. The fraction of sp³-hybridized carbons (Fsp3) is 0.650. The molecule has 12 nitrogen and oxygen atoms in total. The maximum Gasteiger partial charge on any atom is 0.188 e. The van der Waals surface area contributed by atoms with Gasteiger partial charge in [-0.3, -0.25) is 0 Å².